The van der Waals surface area contributed by atoms with E-state index in [0.29, 0.717) is 17.9 Å². The Balaban J connectivity index is 1.09. The molecule has 0 spiro atoms. The number of nitrogens with zero attached hydrogens (tertiary/aromatic N) is 3. The Kier molecular flexibility index (Phi) is 4.07. The van der Waals surface area contributed by atoms with Crippen LogP contribution in [0, 0.1) is 23.7 Å². The van der Waals surface area contributed by atoms with Gasteiger partial charge in [-0.3, -0.25) is 14.6 Å². The zero-order valence-electron chi connectivity index (χ0n) is 14.7. The van der Waals surface area contributed by atoms with Gasteiger partial charge in [-0.1, -0.05) is 0 Å². The number of carbonyl (C=O) groups is 1. The molecule has 0 unspecified atom stereocenters. The van der Waals surface area contributed by atoms with Crippen LogP contribution in [0.5, 0.6) is 0 Å². The van der Waals surface area contributed by atoms with Crippen LogP contribution in [0.2, 0.25) is 0 Å². The fraction of sp³-hybridized carbons (Fsp3) is 0.947. The molecule has 24 heavy (non-hydrogen) atoms. The van der Waals surface area contributed by atoms with E-state index in [1.807, 2.05) is 0 Å². The zero-order chi connectivity index (χ0) is 16.1. The van der Waals surface area contributed by atoms with Crippen LogP contribution in [-0.4, -0.2) is 79.3 Å². The molecular weight excluding hydrogens is 302 g/mol. The maximum Gasteiger partial charge on any atom is 0.229 e. The first kappa shape index (κ1) is 15.6. The van der Waals surface area contributed by atoms with Crippen molar-refractivity contribution >= 4 is 5.91 Å². The lowest BCUT2D eigenvalue weighted by Crippen LogP contribution is -2.65. The van der Waals surface area contributed by atoms with Gasteiger partial charge in [0.15, 0.2) is 0 Å². The summed E-state index contributed by atoms with van der Waals surface area (Å²) < 4.78 is 5.45. The normalized spacial score (nSPS) is 40.8. The summed E-state index contributed by atoms with van der Waals surface area (Å²) in [7, 11) is 0. The van der Waals surface area contributed by atoms with E-state index in [2.05, 4.69) is 14.7 Å². The van der Waals surface area contributed by atoms with Crippen molar-refractivity contribution in [3.8, 4) is 0 Å². The number of amides is 1. The molecule has 0 aromatic carbocycles. The number of piperidine rings is 1. The lowest BCUT2D eigenvalue weighted by molar-refractivity contribution is -0.165. The Morgan fingerprint density at radius 1 is 0.917 bits per heavy atom. The third-order valence-electron chi connectivity index (χ3n) is 7.48. The molecule has 0 aromatic rings. The highest BCUT2D eigenvalue weighted by Crippen LogP contribution is 2.56. The summed E-state index contributed by atoms with van der Waals surface area (Å²) in [6, 6.07) is 0.613. The van der Waals surface area contributed by atoms with Crippen LogP contribution < -0.4 is 0 Å². The maximum atomic E-state index is 12.5. The molecule has 1 amide bonds. The molecular formula is C19H31N3O2. The van der Waals surface area contributed by atoms with E-state index in [9.17, 15) is 4.79 Å². The van der Waals surface area contributed by atoms with Gasteiger partial charge < -0.3 is 9.64 Å². The van der Waals surface area contributed by atoms with E-state index < -0.39 is 0 Å². The minimum atomic E-state index is 0.419. The number of morpholine rings is 1. The van der Waals surface area contributed by atoms with Crippen molar-refractivity contribution in [3.63, 3.8) is 0 Å². The van der Waals surface area contributed by atoms with Gasteiger partial charge in [0.1, 0.15) is 0 Å². The predicted molar refractivity (Wildman–Crippen MR) is 91.4 cm³/mol. The van der Waals surface area contributed by atoms with Gasteiger partial charge in [0, 0.05) is 38.8 Å². The third kappa shape index (κ3) is 2.60. The van der Waals surface area contributed by atoms with E-state index in [-0.39, 0.29) is 0 Å². The lowest BCUT2D eigenvalue weighted by Gasteiger charge is -2.51. The molecule has 134 valence electrons. The quantitative estimate of drug-likeness (QED) is 0.726. The average Bonchev–Trinajstić information content (AvgIpc) is 3.20. The van der Waals surface area contributed by atoms with Crippen molar-refractivity contribution in [3.05, 3.63) is 0 Å². The number of fused-ring (bicyclic) bond motifs is 5. The van der Waals surface area contributed by atoms with E-state index >= 15 is 0 Å². The van der Waals surface area contributed by atoms with E-state index in [0.717, 1.165) is 50.7 Å². The summed E-state index contributed by atoms with van der Waals surface area (Å²) >= 11 is 0. The molecule has 0 aromatic heterocycles. The standard InChI is InChI=1S/C19H31N3O2/c23-19-17-15-1-2-16(11-15)18(17)22(19)13-21-5-3-14(4-6-21)12-20-7-9-24-10-8-20/h14-18H,1-13H2/t15-,16-,17-,18-/m0/s1. The highest BCUT2D eigenvalue weighted by molar-refractivity contribution is 5.87. The molecule has 4 atom stereocenters. The van der Waals surface area contributed by atoms with Crippen LogP contribution in [0.25, 0.3) is 0 Å². The van der Waals surface area contributed by atoms with Crippen LogP contribution in [0.15, 0.2) is 0 Å². The summed E-state index contributed by atoms with van der Waals surface area (Å²) in [5, 5.41) is 0. The first-order chi connectivity index (χ1) is 11.8. The molecule has 5 nitrogen and oxygen atoms in total. The monoisotopic (exact) mass is 333 g/mol. The van der Waals surface area contributed by atoms with E-state index in [4.69, 9.17) is 4.74 Å². The van der Waals surface area contributed by atoms with Crippen LogP contribution in [-0.2, 0) is 9.53 Å². The maximum absolute atomic E-state index is 12.5. The van der Waals surface area contributed by atoms with Gasteiger partial charge >= 0.3 is 0 Å². The Morgan fingerprint density at radius 2 is 1.67 bits per heavy atom. The minimum absolute atomic E-state index is 0.419. The van der Waals surface area contributed by atoms with Gasteiger partial charge in [-0.15, -0.1) is 0 Å². The molecule has 3 saturated heterocycles. The molecule has 3 aliphatic heterocycles. The average molecular weight is 333 g/mol. The van der Waals surface area contributed by atoms with Gasteiger partial charge in [0.25, 0.3) is 0 Å². The molecule has 5 aliphatic rings. The smallest absolute Gasteiger partial charge is 0.229 e. The number of hydrogen-bond acceptors (Lipinski definition) is 4. The van der Waals surface area contributed by atoms with Crippen LogP contribution >= 0.6 is 0 Å². The predicted octanol–water partition coefficient (Wildman–Crippen LogP) is 1.25. The molecule has 2 aliphatic carbocycles. The van der Waals surface area contributed by atoms with Gasteiger partial charge in [-0.05, 0) is 49.9 Å². The third-order valence-corrected chi connectivity index (χ3v) is 7.48. The Hall–Kier alpha value is -0.650. The molecule has 2 saturated carbocycles. The van der Waals surface area contributed by atoms with Crippen molar-refractivity contribution in [1.82, 2.24) is 14.7 Å². The second-order valence-electron chi connectivity index (χ2n) is 8.77. The number of rotatable bonds is 4. The molecule has 5 fully saturated rings. The van der Waals surface area contributed by atoms with Crippen LogP contribution in [0.4, 0.5) is 0 Å². The van der Waals surface area contributed by atoms with Gasteiger partial charge in [-0.2, -0.15) is 0 Å². The van der Waals surface area contributed by atoms with Gasteiger partial charge in [0.05, 0.1) is 25.8 Å². The molecule has 0 N–H and O–H groups in total. The second kappa shape index (κ2) is 6.26. The Labute approximate surface area is 145 Å². The lowest BCUT2D eigenvalue weighted by atomic mass is 9.76. The number of hydrogen-bond donors (Lipinski definition) is 0. The molecule has 2 bridgehead atoms. The van der Waals surface area contributed by atoms with Crippen LogP contribution in [0.3, 0.4) is 0 Å². The summed E-state index contributed by atoms with van der Waals surface area (Å²) in [6.45, 7) is 8.51. The summed E-state index contributed by atoms with van der Waals surface area (Å²) in [5.74, 6) is 3.30. The van der Waals surface area contributed by atoms with E-state index in [1.54, 1.807) is 0 Å². The Bertz CT molecular complexity index is 485. The number of ether oxygens (including phenoxy) is 1. The second-order valence-corrected chi connectivity index (χ2v) is 8.77. The zero-order valence-corrected chi connectivity index (χ0v) is 14.7. The van der Waals surface area contributed by atoms with Crippen molar-refractivity contribution in [2.24, 2.45) is 23.7 Å². The van der Waals surface area contributed by atoms with Gasteiger partial charge in [0.2, 0.25) is 5.91 Å². The summed E-state index contributed by atoms with van der Waals surface area (Å²) in [4.78, 5) is 19.9. The SMILES string of the molecule is O=C1[C@H]2[C@H]3CC[C@@H](C3)[C@@H]2N1CN1CCC(CN2CCOCC2)CC1. The number of β-lactam (4-membered cyclic amide) rings is 1. The summed E-state index contributed by atoms with van der Waals surface area (Å²) in [6.07, 6.45) is 6.61. The Morgan fingerprint density at radius 3 is 2.46 bits per heavy atom. The van der Waals surface area contributed by atoms with Gasteiger partial charge in [-0.25, -0.2) is 0 Å². The molecule has 5 rings (SSSR count). The number of likely N-dealkylation sites (tertiary alicyclic amines) is 2. The number of carbonyl (C=O) groups excluding carboxylic acids is 1. The fourth-order valence-corrected chi connectivity index (χ4v) is 6.15. The first-order valence-corrected chi connectivity index (χ1v) is 10.1. The van der Waals surface area contributed by atoms with Crippen molar-refractivity contribution in [1.29, 1.82) is 0 Å². The summed E-state index contributed by atoms with van der Waals surface area (Å²) in [5.41, 5.74) is 0. The van der Waals surface area contributed by atoms with Crippen LogP contribution in [0.1, 0.15) is 32.1 Å². The van der Waals surface area contributed by atoms with Crippen molar-refractivity contribution < 1.29 is 9.53 Å². The fourth-order valence-electron chi connectivity index (χ4n) is 6.15. The first-order valence-electron chi connectivity index (χ1n) is 10.1. The highest BCUT2D eigenvalue weighted by atomic mass is 16.5. The molecule has 0 radical (unpaired) electrons. The van der Waals surface area contributed by atoms with Crippen molar-refractivity contribution in [2.45, 2.75) is 38.1 Å². The largest absolute Gasteiger partial charge is 0.379 e. The molecule has 5 heteroatoms. The topological polar surface area (TPSA) is 36.0 Å². The minimum Gasteiger partial charge on any atom is -0.379 e. The molecule has 3 heterocycles. The van der Waals surface area contributed by atoms with E-state index in [1.165, 1.54) is 51.7 Å². The highest BCUT2D eigenvalue weighted by Gasteiger charge is 2.61. The van der Waals surface area contributed by atoms with Crippen molar-refractivity contribution in [2.75, 3.05) is 52.6 Å².